The molecule has 1 N–H and O–H groups in total. The van der Waals surface area contributed by atoms with Gasteiger partial charge in [-0.3, -0.25) is 0 Å². The number of aliphatic hydroxyl groups excluding tert-OH is 1. The lowest BCUT2D eigenvalue weighted by atomic mass is 9.85. The molecule has 0 amide bonds. The maximum absolute atomic E-state index is 13.9. The zero-order valence-electron chi connectivity index (χ0n) is 11.1. The summed E-state index contributed by atoms with van der Waals surface area (Å²) in [6.45, 7) is 4.38. The Morgan fingerprint density at radius 2 is 2.11 bits per heavy atom. The van der Waals surface area contributed by atoms with Gasteiger partial charge in [-0.05, 0) is 36.5 Å². The summed E-state index contributed by atoms with van der Waals surface area (Å²) in [6.07, 6.45) is 3.65. The molecule has 0 unspecified atom stereocenters. The largest absolute Gasteiger partial charge is 0.490 e. The van der Waals surface area contributed by atoms with Crippen LogP contribution in [0, 0.1) is 11.7 Å². The highest BCUT2D eigenvalue weighted by Gasteiger charge is 2.22. The zero-order valence-corrected chi connectivity index (χ0v) is 11.1. The van der Waals surface area contributed by atoms with E-state index in [1.54, 1.807) is 6.07 Å². The molecule has 100 valence electrons. The normalized spacial score (nSPS) is 16.4. The third-order valence-corrected chi connectivity index (χ3v) is 3.81. The number of aliphatic hydroxyl groups is 1. The van der Waals surface area contributed by atoms with Crippen LogP contribution in [0.15, 0.2) is 18.2 Å². The summed E-state index contributed by atoms with van der Waals surface area (Å²) < 4.78 is 19.4. The Morgan fingerprint density at radius 3 is 2.61 bits per heavy atom. The van der Waals surface area contributed by atoms with Crippen LogP contribution in [0.2, 0.25) is 0 Å². The summed E-state index contributed by atoms with van der Waals surface area (Å²) in [5, 5.41) is 9.27. The molecule has 2 nitrogen and oxygen atoms in total. The summed E-state index contributed by atoms with van der Waals surface area (Å²) in [5.74, 6) is 0.575. The number of ether oxygens (including phenoxy) is 1. The van der Waals surface area contributed by atoms with E-state index in [9.17, 15) is 9.50 Å². The Hall–Kier alpha value is -1.09. The molecule has 0 bridgehead atoms. The molecule has 1 fully saturated rings. The summed E-state index contributed by atoms with van der Waals surface area (Å²) in [4.78, 5) is 0. The van der Waals surface area contributed by atoms with Crippen LogP contribution in [0.25, 0.3) is 0 Å². The molecule has 2 rings (SSSR count). The van der Waals surface area contributed by atoms with Crippen molar-refractivity contribution in [3.63, 3.8) is 0 Å². The fourth-order valence-corrected chi connectivity index (χ4v) is 2.00. The lowest BCUT2D eigenvalue weighted by molar-refractivity contribution is 0.175. The predicted octanol–water partition coefficient (Wildman–Crippen LogP) is 3.27. The Kier molecular flexibility index (Phi) is 3.91. The van der Waals surface area contributed by atoms with E-state index < -0.39 is 5.41 Å². The summed E-state index contributed by atoms with van der Waals surface area (Å²) >= 11 is 0. The SMILES string of the molecule is CC(C)(CO)c1ccc(OCC2CCC2)c(F)c1. The van der Waals surface area contributed by atoms with Gasteiger partial charge in [0.05, 0.1) is 13.2 Å². The molecule has 0 saturated heterocycles. The summed E-state index contributed by atoms with van der Waals surface area (Å²) in [5.41, 5.74) is 0.367. The average molecular weight is 252 g/mol. The van der Waals surface area contributed by atoms with E-state index in [0.717, 1.165) is 5.56 Å². The maximum Gasteiger partial charge on any atom is 0.165 e. The van der Waals surface area contributed by atoms with Crippen LogP contribution >= 0.6 is 0 Å². The molecule has 0 aromatic heterocycles. The highest BCUT2D eigenvalue weighted by Crippen LogP contribution is 2.30. The molecule has 1 saturated carbocycles. The van der Waals surface area contributed by atoms with E-state index >= 15 is 0 Å². The molecule has 3 heteroatoms. The van der Waals surface area contributed by atoms with Crippen LogP contribution in [0.5, 0.6) is 5.75 Å². The van der Waals surface area contributed by atoms with Gasteiger partial charge in [-0.15, -0.1) is 0 Å². The van der Waals surface area contributed by atoms with Crippen molar-refractivity contribution in [3.05, 3.63) is 29.6 Å². The van der Waals surface area contributed by atoms with Gasteiger partial charge in [0.1, 0.15) is 0 Å². The first-order valence-electron chi connectivity index (χ1n) is 6.56. The minimum atomic E-state index is -0.423. The standard InChI is InChI=1S/C15H21FO2/c1-15(2,10-17)12-6-7-14(13(16)8-12)18-9-11-4-3-5-11/h6-8,11,17H,3-5,9-10H2,1-2H3. The van der Waals surface area contributed by atoms with Crippen molar-refractivity contribution in [3.8, 4) is 5.75 Å². The van der Waals surface area contributed by atoms with Crippen molar-refractivity contribution in [2.24, 2.45) is 5.92 Å². The van der Waals surface area contributed by atoms with Gasteiger partial charge in [-0.25, -0.2) is 4.39 Å². The van der Waals surface area contributed by atoms with Crippen LogP contribution in [0.3, 0.4) is 0 Å². The van der Waals surface area contributed by atoms with Crippen LogP contribution in [-0.4, -0.2) is 18.3 Å². The molecule has 0 heterocycles. The highest BCUT2D eigenvalue weighted by molar-refractivity contribution is 5.33. The van der Waals surface area contributed by atoms with Crippen molar-refractivity contribution in [1.82, 2.24) is 0 Å². The summed E-state index contributed by atoms with van der Waals surface area (Å²) in [6, 6.07) is 4.96. The van der Waals surface area contributed by atoms with Crippen LogP contribution in [0.1, 0.15) is 38.7 Å². The van der Waals surface area contributed by atoms with Gasteiger partial charge in [0, 0.05) is 5.41 Å². The van der Waals surface area contributed by atoms with Gasteiger partial charge in [-0.1, -0.05) is 26.3 Å². The smallest absolute Gasteiger partial charge is 0.165 e. The van der Waals surface area contributed by atoms with Crippen molar-refractivity contribution >= 4 is 0 Å². The average Bonchev–Trinajstić information content (AvgIpc) is 2.29. The second kappa shape index (κ2) is 5.27. The van der Waals surface area contributed by atoms with Crippen LogP contribution < -0.4 is 4.74 Å². The Balaban J connectivity index is 2.04. The molecule has 1 aromatic rings. The molecule has 1 aliphatic rings. The monoisotopic (exact) mass is 252 g/mol. The molecule has 0 atom stereocenters. The fraction of sp³-hybridized carbons (Fsp3) is 0.600. The Morgan fingerprint density at radius 1 is 1.39 bits per heavy atom. The fourth-order valence-electron chi connectivity index (χ4n) is 2.00. The molecule has 0 aliphatic heterocycles. The molecule has 0 radical (unpaired) electrons. The Bertz CT molecular complexity index is 411. The van der Waals surface area contributed by atoms with Crippen LogP contribution in [0.4, 0.5) is 4.39 Å². The quantitative estimate of drug-likeness (QED) is 0.871. The third-order valence-electron chi connectivity index (χ3n) is 3.81. The number of hydrogen-bond acceptors (Lipinski definition) is 2. The minimum absolute atomic E-state index is 0.00524. The van der Waals surface area contributed by atoms with E-state index in [0.29, 0.717) is 18.3 Å². The number of rotatable bonds is 5. The van der Waals surface area contributed by atoms with E-state index in [1.807, 2.05) is 19.9 Å². The third kappa shape index (κ3) is 2.83. The molecular weight excluding hydrogens is 231 g/mol. The second-order valence-corrected chi connectivity index (χ2v) is 5.80. The zero-order chi connectivity index (χ0) is 13.2. The van der Waals surface area contributed by atoms with Gasteiger partial charge in [0.25, 0.3) is 0 Å². The lowest BCUT2D eigenvalue weighted by Gasteiger charge is -2.26. The minimum Gasteiger partial charge on any atom is -0.490 e. The Labute approximate surface area is 108 Å². The lowest BCUT2D eigenvalue weighted by Crippen LogP contribution is -2.22. The highest BCUT2D eigenvalue weighted by atomic mass is 19.1. The topological polar surface area (TPSA) is 29.5 Å². The van der Waals surface area contributed by atoms with E-state index in [1.165, 1.54) is 25.3 Å². The van der Waals surface area contributed by atoms with E-state index in [4.69, 9.17) is 4.74 Å². The first-order chi connectivity index (χ1) is 8.53. The van der Waals surface area contributed by atoms with Gasteiger partial charge in [-0.2, -0.15) is 0 Å². The van der Waals surface area contributed by atoms with Crippen molar-refractivity contribution in [2.45, 2.75) is 38.5 Å². The molecule has 18 heavy (non-hydrogen) atoms. The van der Waals surface area contributed by atoms with Crippen molar-refractivity contribution in [2.75, 3.05) is 13.2 Å². The van der Waals surface area contributed by atoms with Gasteiger partial charge < -0.3 is 9.84 Å². The molecule has 1 aromatic carbocycles. The molecule has 1 aliphatic carbocycles. The number of benzene rings is 1. The van der Waals surface area contributed by atoms with Crippen molar-refractivity contribution in [1.29, 1.82) is 0 Å². The molecule has 0 spiro atoms. The van der Waals surface area contributed by atoms with Crippen LogP contribution in [-0.2, 0) is 5.41 Å². The van der Waals surface area contributed by atoms with Gasteiger partial charge in [0.15, 0.2) is 11.6 Å². The van der Waals surface area contributed by atoms with Crippen molar-refractivity contribution < 1.29 is 14.2 Å². The summed E-state index contributed by atoms with van der Waals surface area (Å²) in [7, 11) is 0. The van der Waals surface area contributed by atoms with E-state index in [-0.39, 0.29) is 12.4 Å². The van der Waals surface area contributed by atoms with E-state index in [2.05, 4.69) is 0 Å². The number of hydrogen-bond donors (Lipinski definition) is 1. The second-order valence-electron chi connectivity index (χ2n) is 5.80. The first kappa shape index (κ1) is 13.3. The maximum atomic E-state index is 13.9. The first-order valence-corrected chi connectivity index (χ1v) is 6.56. The van der Waals surface area contributed by atoms with Gasteiger partial charge in [0.2, 0.25) is 0 Å². The predicted molar refractivity (Wildman–Crippen MR) is 69.3 cm³/mol. The molecular formula is C15H21FO2. The van der Waals surface area contributed by atoms with Gasteiger partial charge >= 0.3 is 0 Å². The number of halogens is 1.